The Morgan fingerprint density at radius 2 is 1.86 bits per heavy atom. The average molecular weight is 387 g/mol. The van der Waals surface area contributed by atoms with Crippen LogP contribution in [0.2, 0.25) is 0 Å². The van der Waals surface area contributed by atoms with Crippen LogP contribution in [0, 0.1) is 18.8 Å². The second-order valence-electron chi connectivity index (χ2n) is 6.56. The Hall–Kier alpha value is -3.65. The number of fused-ring (bicyclic) bond motifs is 1. The van der Waals surface area contributed by atoms with Gasteiger partial charge in [0.15, 0.2) is 5.78 Å². The molecule has 3 aromatic rings. The lowest BCUT2D eigenvalue weighted by molar-refractivity contribution is -0.143. The molecule has 0 unspecified atom stereocenters. The molecule has 0 saturated carbocycles. The maximum absolute atomic E-state index is 12.4. The maximum atomic E-state index is 12.4. The summed E-state index contributed by atoms with van der Waals surface area (Å²) >= 11 is 0. The predicted molar refractivity (Wildman–Crippen MR) is 111 cm³/mol. The number of carbonyl (C=O) groups excluding carboxylic acids is 2. The topological polar surface area (TPSA) is 76.5 Å². The number of aryl methyl sites for hydroxylation is 1. The molecule has 0 aliphatic heterocycles. The van der Waals surface area contributed by atoms with E-state index in [-0.39, 0.29) is 30.9 Å². The summed E-state index contributed by atoms with van der Waals surface area (Å²) in [6.07, 6.45) is -0.120. The van der Waals surface area contributed by atoms with E-state index in [1.165, 1.54) is 6.07 Å². The summed E-state index contributed by atoms with van der Waals surface area (Å²) in [5.74, 6) is 5.19. The van der Waals surface area contributed by atoms with E-state index in [1.54, 1.807) is 19.1 Å². The minimum Gasteiger partial charge on any atom is -0.506 e. The Labute approximate surface area is 169 Å². The maximum Gasteiger partial charge on any atom is 0.306 e. The molecular weight excluding hydrogens is 366 g/mol. The fraction of sp³-hybridized carbons (Fsp3) is 0.208. The lowest BCUT2D eigenvalue weighted by atomic mass is 10.1. The Morgan fingerprint density at radius 3 is 2.62 bits per heavy atom. The molecule has 0 aliphatic rings. The first-order valence-electron chi connectivity index (χ1n) is 9.38. The van der Waals surface area contributed by atoms with Crippen molar-refractivity contribution in [3.8, 4) is 17.6 Å². The molecular formula is C24H21NO4. The van der Waals surface area contributed by atoms with E-state index in [4.69, 9.17) is 4.74 Å². The summed E-state index contributed by atoms with van der Waals surface area (Å²) < 4.78 is 4.83. The Morgan fingerprint density at radius 1 is 1.07 bits per heavy atom. The van der Waals surface area contributed by atoms with Crippen LogP contribution in [0.4, 0.5) is 0 Å². The van der Waals surface area contributed by atoms with Gasteiger partial charge in [0.2, 0.25) is 0 Å². The van der Waals surface area contributed by atoms with Crippen molar-refractivity contribution < 1.29 is 19.4 Å². The van der Waals surface area contributed by atoms with Gasteiger partial charge in [-0.15, -0.1) is 0 Å². The van der Waals surface area contributed by atoms with Crippen molar-refractivity contribution >= 4 is 22.7 Å². The second-order valence-corrected chi connectivity index (χ2v) is 6.56. The molecule has 0 radical (unpaired) electrons. The van der Waals surface area contributed by atoms with Gasteiger partial charge in [0.1, 0.15) is 11.4 Å². The van der Waals surface area contributed by atoms with Crippen LogP contribution in [0.3, 0.4) is 0 Å². The molecule has 0 spiro atoms. The van der Waals surface area contributed by atoms with E-state index in [9.17, 15) is 14.7 Å². The quantitative estimate of drug-likeness (QED) is 0.404. The highest BCUT2D eigenvalue weighted by Gasteiger charge is 2.16. The van der Waals surface area contributed by atoms with Crippen LogP contribution >= 0.6 is 0 Å². The van der Waals surface area contributed by atoms with Gasteiger partial charge in [-0.1, -0.05) is 36.1 Å². The number of aromatic nitrogens is 1. The number of hydrogen-bond donors (Lipinski definition) is 1. The van der Waals surface area contributed by atoms with Gasteiger partial charge in [-0.3, -0.25) is 9.59 Å². The summed E-state index contributed by atoms with van der Waals surface area (Å²) in [5, 5.41) is 10.9. The molecule has 29 heavy (non-hydrogen) atoms. The largest absolute Gasteiger partial charge is 0.506 e. The zero-order valence-electron chi connectivity index (χ0n) is 16.4. The number of rotatable bonds is 5. The lowest BCUT2D eigenvalue weighted by Crippen LogP contribution is -2.09. The zero-order valence-corrected chi connectivity index (χ0v) is 16.4. The highest BCUT2D eigenvalue weighted by molar-refractivity contribution is 6.00. The zero-order chi connectivity index (χ0) is 20.8. The molecule has 146 valence electrons. The number of carbonyl (C=O) groups is 2. The summed E-state index contributed by atoms with van der Waals surface area (Å²) in [6, 6.07) is 14.8. The first-order valence-corrected chi connectivity index (χ1v) is 9.38. The molecule has 1 aromatic heterocycles. The van der Waals surface area contributed by atoms with E-state index in [0.717, 1.165) is 16.7 Å². The van der Waals surface area contributed by atoms with Crippen molar-refractivity contribution in [2.24, 2.45) is 0 Å². The normalized spacial score (nSPS) is 10.3. The van der Waals surface area contributed by atoms with Crippen LogP contribution < -0.4 is 0 Å². The van der Waals surface area contributed by atoms with Crippen LogP contribution in [0.15, 0.2) is 48.5 Å². The number of ether oxygens (including phenoxy) is 1. The minimum absolute atomic E-state index is 0.0478. The molecule has 0 fully saturated rings. The Bertz CT molecular complexity index is 1140. The highest BCUT2D eigenvalue weighted by atomic mass is 16.5. The monoisotopic (exact) mass is 387 g/mol. The summed E-state index contributed by atoms with van der Waals surface area (Å²) in [5.41, 5.74) is 3.30. The van der Waals surface area contributed by atoms with Crippen LogP contribution in [0.25, 0.3) is 10.9 Å². The summed E-state index contributed by atoms with van der Waals surface area (Å²) in [6.45, 7) is 3.97. The minimum atomic E-state index is -0.449. The number of nitrogens with zero attached hydrogens (tertiary/aromatic N) is 1. The molecule has 0 amide bonds. The highest BCUT2D eigenvalue weighted by Crippen LogP contribution is 2.24. The first-order chi connectivity index (χ1) is 14.0. The third-order valence-electron chi connectivity index (χ3n) is 4.41. The Balaban J connectivity index is 1.87. The van der Waals surface area contributed by atoms with E-state index in [0.29, 0.717) is 10.9 Å². The van der Waals surface area contributed by atoms with E-state index in [2.05, 4.69) is 16.8 Å². The van der Waals surface area contributed by atoms with Gasteiger partial charge in [-0.2, -0.15) is 0 Å². The van der Waals surface area contributed by atoms with E-state index >= 15 is 0 Å². The third kappa shape index (κ3) is 4.99. The van der Waals surface area contributed by atoms with E-state index < -0.39 is 11.8 Å². The molecule has 0 aliphatic carbocycles. The SMILES string of the molecule is CCOC(=O)CCC(=O)c1nc2cc(C#Cc3ccccc3C)ccc2cc1O. The van der Waals surface area contributed by atoms with Crippen LogP contribution in [0.1, 0.15) is 46.9 Å². The number of aromatic hydroxyl groups is 1. The van der Waals surface area contributed by atoms with Gasteiger partial charge < -0.3 is 9.84 Å². The lowest BCUT2D eigenvalue weighted by Gasteiger charge is -2.06. The number of pyridine rings is 1. The fourth-order valence-electron chi connectivity index (χ4n) is 2.86. The predicted octanol–water partition coefficient (Wildman–Crippen LogP) is 4.17. The van der Waals surface area contributed by atoms with Crippen molar-refractivity contribution in [1.29, 1.82) is 0 Å². The standard InChI is InChI=1S/C24H21NO4/c1-3-29-23(28)13-12-21(26)24-22(27)15-19-11-9-17(14-20(19)25-24)8-10-18-7-5-4-6-16(18)2/h4-7,9,11,14-15,27H,3,12-13H2,1-2H3. The molecule has 0 saturated heterocycles. The van der Waals surface area contributed by atoms with Crippen molar-refractivity contribution in [2.45, 2.75) is 26.7 Å². The smallest absolute Gasteiger partial charge is 0.306 e. The fourth-order valence-corrected chi connectivity index (χ4v) is 2.86. The van der Waals surface area contributed by atoms with Crippen molar-refractivity contribution in [1.82, 2.24) is 4.98 Å². The molecule has 5 heteroatoms. The number of hydrogen-bond acceptors (Lipinski definition) is 5. The molecule has 1 heterocycles. The van der Waals surface area contributed by atoms with Crippen LogP contribution in [0.5, 0.6) is 5.75 Å². The number of benzene rings is 2. The second kappa shape index (κ2) is 9.03. The van der Waals surface area contributed by atoms with Crippen molar-refractivity contribution in [3.63, 3.8) is 0 Å². The number of Topliss-reactive ketones (excluding diaryl/α,β-unsaturated/α-hetero) is 1. The molecule has 0 atom stereocenters. The van der Waals surface area contributed by atoms with Gasteiger partial charge in [0.05, 0.1) is 18.5 Å². The summed E-state index contributed by atoms with van der Waals surface area (Å²) in [4.78, 5) is 28.2. The third-order valence-corrected chi connectivity index (χ3v) is 4.41. The average Bonchev–Trinajstić information content (AvgIpc) is 2.71. The van der Waals surface area contributed by atoms with Crippen LogP contribution in [-0.2, 0) is 9.53 Å². The number of ketones is 1. The molecule has 5 nitrogen and oxygen atoms in total. The van der Waals surface area contributed by atoms with Gasteiger partial charge in [-0.05, 0) is 43.7 Å². The van der Waals surface area contributed by atoms with Gasteiger partial charge >= 0.3 is 5.97 Å². The summed E-state index contributed by atoms with van der Waals surface area (Å²) in [7, 11) is 0. The molecule has 1 N–H and O–H groups in total. The Kier molecular flexibility index (Phi) is 6.25. The van der Waals surface area contributed by atoms with Gasteiger partial charge in [0, 0.05) is 22.9 Å². The van der Waals surface area contributed by atoms with Gasteiger partial charge in [0.25, 0.3) is 0 Å². The molecule has 0 bridgehead atoms. The molecule has 3 rings (SSSR count). The van der Waals surface area contributed by atoms with Crippen LogP contribution in [-0.4, -0.2) is 28.4 Å². The molecule has 2 aromatic carbocycles. The van der Waals surface area contributed by atoms with Gasteiger partial charge in [-0.25, -0.2) is 4.98 Å². The number of esters is 1. The van der Waals surface area contributed by atoms with E-state index in [1.807, 2.05) is 37.3 Å². The first kappa shape index (κ1) is 20.1. The van der Waals surface area contributed by atoms with Crippen molar-refractivity contribution in [2.75, 3.05) is 6.61 Å². The van der Waals surface area contributed by atoms with Crippen molar-refractivity contribution in [3.05, 3.63) is 70.9 Å².